The highest BCUT2D eigenvalue weighted by molar-refractivity contribution is 6.64. The monoisotopic (exact) mass is 460 g/mol. The van der Waals surface area contributed by atoms with E-state index in [-0.39, 0.29) is 18.0 Å². The molecule has 2 heterocycles. The fourth-order valence-electron chi connectivity index (χ4n) is 3.87. The highest BCUT2D eigenvalue weighted by atomic mass is 35.5. The van der Waals surface area contributed by atoms with Crippen molar-refractivity contribution in [1.29, 1.82) is 0 Å². The molecule has 2 N–H and O–H groups in total. The molecule has 0 bridgehead atoms. The van der Waals surface area contributed by atoms with Crippen LogP contribution in [0.4, 0.5) is 14.9 Å². The number of H-pyrrole nitrogens is 1. The summed E-state index contributed by atoms with van der Waals surface area (Å²) < 4.78 is 13.7. The summed E-state index contributed by atoms with van der Waals surface area (Å²) in [7, 11) is 0. The Morgan fingerprint density at radius 1 is 1.16 bits per heavy atom. The van der Waals surface area contributed by atoms with Crippen LogP contribution in [0, 0.1) is 19.7 Å². The molecule has 0 saturated heterocycles. The third kappa shape index (κ3) is 4.61. The number of benzene rings is 1. The molecule has 0 fully saturated rings. The van der Waals surface area contributed by atoms with E-state index in [9.17, 15) is 18.8 Å². The maximum atomic E-state index is 13.7. The second-order valence-corrected chi connectivity index (χ2v) is 7.93. The molecule has 170 valence electrons. The number of carbonyl (C=O) groups excluding carboxylic acids is 3. The van der Waals surface area contributed by atoms with Gasteiger partial charge in [-0.05, 0) is 68.4 Å². The summed E-state index contributed by atoms with van der Waals surface area (Å²) in [5, 5.41) is 1.85. The summed E-state index contributed by atoms with van der Waals surface area (Å²) in [6.07, 6.45) is 1.59. The topological polar surface area (TPSA) is 85.5 Å². The molecule has 1 aromatic heterocycles. The third-order valence-electron chi connectivity index (χ3n) is 5.73. The Balaban J connectivity index is 1.95. The Bertz CT molecular complexity index is 1100. The van der Waals surface area contributed by atoms with Crippen LogP contribution in [-0.4, -0.2) is 58.1 Å². The lowest BCUT2D eigenvalue weighted by atomic mass is 10.0. The number of aryl methyl sites for hydroxylation is 1. The van der Waals surface area contributed by atoms with Gasteiger partial charge in [-0.25, -0.2) is 4.39 Å². The maximum Gasteiger partial charge on any atom is 0.323 e. The molecule has 1 aromatic carbocycles. The summed E-state index contributed by atoms with van der Waals surface area (Å²) in [5.41, 5.74) is 3.23. The van der Waals surface area contributed by atoms with Crippen molar-refractivity contribution in [2.45, 2.75) is 27.7 Å². The predicted octanol–water partition coefficient (Wildman–Crippen LogP) is 4.41. The molecule has 0 radical (unpaired) electrons. The molecule has 2 aromatic rings. The van der Waals surface area contributed by atoms with E-state index in [2.05, 4.69) is 15.2 Å². The lowest BCUT2D eigenvalue weighted by molar-refractivity contribution is -0.110. The lowest BCUT2D eigenvalue weighted by Gasteiger charge is -2.23. The molecule has 0 saturated carbocycles. The van der Waals surface area contributed by atoms with Crippen molar-refractivity contribution in [3.8, 4) is 0 Å². The number of imide groups is 1. The first-order valence-corrected chi connectivity index (χ1v) is 10.8. The van der Waals surface area contributed by atoms with Gasteiger partial charge in [-0.1, -0.05) is 13.8 Å². The van der Waals surface area contributed by atoms with Gasteiger partial charge in [0.25, 0.3) is 11.8 Å². The van der Waals surface area contributed by atoms with Gasteiger partial charge < -0.3 is 15.2 Å². The van der Waals surface area contributed by atoms with Gasteiger partial charge in [-0.15, -0.1) is 0 Å². The Hall–Kier alpha value is -2.97. The van der Waals surface area contributed by atoms with Crippen LogP contribution in [-0.2, 0) is 4.79 Å². The molecule has 32 heavy (non-hydrogen) atoms. The van der Waals surface area contributed by atoms with Gasteiger partial charge in [-0.2, -0.15) is 0 Å². The number of fused-ring (bicyclic) bond motifs is 1. The van der Waals surface area contributed by atoms with Crippen molar-refractivity contribution in [2.24, 2.45) is 0 Å². The Morgan fingerprint density at radius 3 is 2.47 bits per heavy atom. The van der Waals surface area contributed by atoms with E-state index < -0.39 is 17.1 Å². The summed E-state index contributed by atoms with van der Waals surface area (Å²) >= 11 is 5.73. The minimum absolute atomic E-state index is 0.165. The van der Waals surface area contributed by atoms with Gasteiger partial charge in [0, 0.05) is 35.7 Å². The second-order valence-electron chi connectivity index (χ2n) is 7.60. The first kappa shape index (κ1) is 23.7. The fraction of sp³-hybridized carbons (Fsp3) is 0.348. The molecule has 1 aliphatic rings. The first-order chi connectivity index (χ1) is 15.2. The van der Waals surface area contributed by atoms with Crippen LogP contribution in [0.5, 0.6) is 0 Å². The first-order valence-electron chi connectivity index (χ1n) is 10.4. The number of nitrogens with one attached hydrogen (secondary N) is 2. The number of hydrogen-bond acceptors (Lipinski definition) is 4. The number of aromatic amines is 1. The van der Waals surface area contributed by atoms with E-state index in [0.29, 0.717) is 40.3 Å². The number of aromatic nitrogens is 1. The van der Waals surface area contributed by atoms with Gasteiger partial charge >= 0.3 is 5.37 Å². The minimum Gasteiger partial charge on any atom is -0.358 e. The molecule has 1 aliphatic heterocycles. The third-order valence-corrected chi connectivity index (χ3v) is 5.94. The van der Waals surface area contributed by atoms with Crippen LogP contribution in [0.15, 0.2) is 18.2 Å². The zero-order valence-corrected chi connectivity index (χ0v) is 19.3. The molecule has 3 rings (SSSR count). The molecule has 0 aliphatic carbocycles. The van der Waals surface area contributed by atoms with Crippen LogP contribution >= 0.6 is 11.6 Å². The van der Waals surface area contributed by atoms with Crippen molar-refractivity contribution in [2.75, 3.05) is 31.5 Å². The molecular weight excluding hydrogens is 435 g/mol. The zero-order chi connectivity index (χ0) is 23.6. The molecule has 3 amide bonds. The lowest BCUT2D eigenvalue weighted by Crippen LogP contribution is -2.40. The number of anilines is 1. The average Bonchev–Trinajstić information content (AvgIpc) is 3.20. The number of carbonyl (C=O) groups is 3. The molecule has 7 nitrogen and oxygen atoms in total. The number of nitrogens with zero attached hydrogens (tertiary/aromatic N) is 2. The standard InChI is InChI=1S/C23H26ClFN4O3/c1-5-28(6-2)9-10-29(23(24)32)22(31)20-13(3)19(26-14(20)4)12-17-16-11-15(25)7-8-18(16)27-21(17)30/h7-8,11-12,26H,5-6,9-10H2,1-4H3,(H,27,30). The van der Waals surface area contributed by atoms with Crippen molar-refractivity contribution in [1.82, 2.24) is 14.8 Å². The fourth-order valence-corrected chi connectivity index (χ4v) is 4.03. The minimum atomic E-state index is -0.846. The highest BCUT2D eigenvalue weighted by Gasteiger charge is 2.29. The quantitative estimate of drug-likeness (QED) is 0.364. The van der Waals surface area contributed by atoms with E-state index >= 15 is 0 Å². The van der Waals surface area contributed by atoms with E-state index in [1.165, 1.54) is 18.2 Å². The van der Waals surface area contributed by atoms with Crippen LogP contribution in [0.25, 0.3) is 11.6 Å². The van der Waals surface area contributed by atoms with Crippen LogP contribution in [0.2, 0.25) is 0 Å². The summed E-state index contributed by atoms with van der Waals surface area (Å²) in [6.45, 7) is 9.70. The summed E-state index contributed by atoms with van der Waals surface area (Å²) in [5.74, 6) is -1.32. The SMILES string of the molecule is CCN(CC)CCN(C(=O)Cl)C(=O)c1c(C)[nH]c(C=C2C(=O)Nc3ccc(F)cc32)c1C. The molecular formula is C23H26ClFN4O3. The van der Waals surface area contributed by atoms with Gasteiger partial charge in [0.15, 0.2) is 0 Å². The van der Waals surface area contributed by atoms with E-state index in [0.717, 1.165) is 18.0 Å². The van der Waals surface area contributed by atoms with Gasteiger partial charge in [0.1, 0.15) is 5.82 Å². The number of halogens is 2. The van der Waals surface area contributed by atoms with Crippen molar-refractivity contribution in [3.05, 3.63) is 52.1 Å². The normalized spacial score (nSPS) is 14.1. The number of hydrogen-bond donors (Lipinski definition) is 2. The molecule has 0 unspecified atom stereocenters. The van der Waals surface area contributed by atoms with Gasteiger partial charge in [0.2, 0.25) is 0 Å². The Labute approximate surface area is 191 Å². The largest absolute Gasteiger partial charge is 0.358 e. The molecule has 0 spiro atoms. The van der Waals surface area contributed by atoms with E-state index in [1.54, 1.807) is 19.9 Å². The summed E-state index contributed by atoms with van der Waals surface area (Å²) in [4.78, 5) is 43.9. The van der Waals surface area contributed by atoms with Crippen molar-refractivity contribution >= 4 is 46.1 Å². The second kappa shape index (κ2) is 9.67. The van der Waals surface area contributed by atoms with E-state index in [1.807, 2.05) is 13.8 Å². The molecule has 0 atom stereocenters. The predicted molar refractivity (Wildman–Crippen MR) is 123 cm³/mol. The summed E-state index contributed by atoms with van der Waals surface area (Å²) in [6, 6.07) is 4.07. The van der Waals surface area contributed by atoms with Crippen LogP contribution < -0.4 is 5.32 Å². The zero-order valence-electron chi connectivity index (χ0n) is 18.5. The van der Waals surface area contributed by atoms with Crippen LogP contribution in [0.3, 0.4) is 0 Å². The smallest absolute Gasteiger partial charge is 0.323 e. The van der Waals surface area contributed by atoms with Gasteiger partial charge in [-0.3, -0.25) is 19.3 Å². The average molecular weight is 461 g/mol. The Kier molecular flexibility index (Phi) is 7.16. The van der Waals surface area contributed by atoms with Crippen molar-refractivity contribution in [3.63, 3.8) is 0 Å². The highest BCUT2D eigenvalue weighted by Crippen LogP contribution is 2.34. The number of amides is 3. The maximum absolute atomic E-state index is 13.7. The number of likely N-dealkylation sites (N-methyl/N-ethyl adjacent to an activating group) is 1. The van der Waals surface area contributed by atoms with Crippen LogP contribution in [0.1, 0.15) is 46.7 Å². The molecule has 9 heteroatoms. The number of rotatable bonds is 7. The van der Waals surface area contributed by atoms with E-state index in [4.69, 9.17) is 11.6 Å². The Morgan fingerprint density at radius 2 is 1.84 bits per heavy atom. The van der Waals surface area contributed by atoms with Crippen molar-refractivity contribution < 1.29 is 18.8 Å². The van der Waals surface area contributed by atoms with Gasteiger partial charge in [0.05, 0.1) is 11.1 Å².